The van der Waals surface area contributed by atoms with Crippen molar-refractivity contribution in [3.8, 4) is 0 Å². The smallest absolute Gasteiger partial charge is 0.154 e. The number of sulfone groups is 1. The summed E-state index contributed by atoms with van der Waals surface area (Å²) in [7, 11) is -3.04. The van der Waals surface area contributed by atoms with Gasteiger partial charge in [-0.3, -0.25) is 0 Å². The van der Waals surface area contributed by atoms with E-state index in [1.807, 2.05) is 5.38 Å². The van der Waals surface area contributed by atoms with E-state index in [2.05, 4.69) is 4.98 Å². The highest BCUT2D eigenvalue weighted by molar-refractivity contribution is 8.03. The number of aromatic nitrogens is 1. The van der Waals surface area contributed by atoms with Gasteiger partial charge in [0, 0.05) is 11.6 Å². The van der Waals surface area contributed by atoms with Gasteiger partial charge in [0.2, 0.25) is 0 Å². The Hall–Kier alpha value is -0.110. The average molecular weight is 251 g/mol. The molecule has 0 aromatic carbocycles. The van der Waals surface area contributed by atoms with Gasteiger partial charge >= 0.3 is 0 Å². The van der Waals surface area contributed by atoms with Gasteiger partial charge in [0.05, 0.1) is 22.9 Å². The molecular formula is C7H9NO3S3. The topological polar surface area (TPSA) is 67.3 Å². The molecule has 0 radical (unpaired) electrons. The maximum atomic E-state index is 11.2. The van der Waals surface area contributed by atoms with Crippen molar-refractivity contribution in [2.24, 2.45) is 0 Å². The number of aliphatic hydroxyl groups excluding tert-OH is 1. The highest BCUT2D eigenvalue weighted by Crippen LogP contribution is 2.32. The molecule has 14 heavy (non-hydrogen) atoms. The van der Waals surface area contributed by atoms with Crippen molar-refractivity contribution in [1.82, 2.24) is 4.98 Å². The summed E-state index contributed by atoms with van der Waals surface area (Å²) in [5.41, 5.74) is 0. The molecule has 2 heterocycles. The zero-order chi connectivity index (χ0) is 10.2. The molecule has 1 saturated heterocycles. The molecule has 1 aromatic rings. The van der Waals surface area contributed by atoms with Crippen LogP contribution in [0.25, 0.3) is 0 Å². The molecule has 1 aliphatic rings. The van der Waals surface area contributed by atoms with Crippen LogP contribution < -0.4 is 0 Å². The number of thioether (sulfide) groups is 1. The van der Waals surface area contributed by atoms with Crippen LogP contribution in [0.15, 0.2) is 15.9 Å². The first-order valence-corrected chi connectivity index (χ1v) is 7.59. The number of aliphatic hydroxyl groups is 1. The molecule has 2 atom stereocenters. The van der Waals surface area contributed by atoms with Gasteiger partial charge in [-0.2, -0.15) is 0 Å². The summed E-state index contributed by atoms with van der Waals surface area (Å²) in [6, 6.07) is 0. The first-order chi connectivity index (χ1) is 6.57. The molecule has 1 fully saturated rings. The summed E-state index contributed by atoms with van der Waals surface area (Å²) in [6.07, 6.45) is 0.914. The van der Waals surface area contributed by atoms with E-state index in [1.54, 1.807) is 6.20 Å². The van der Waals surface area contributed by atoms with Gasteiger partial charge in [-0.05, 0) is 0 Å². The van der Waals surface area contributed by atoms with Crippen molar-refractivity contribution in [2.75, 3.05) is 11.5 Å². The quantitative estimate of drug-likeness (QED) is 0.823. The highest BCUT2D eigenvalue weighted by Gasteiger charge is 2.37. The lowest BCUT2D eigenvalue weighted by Crippen LogP contribution is -2.19. The van der Waals surface area contributed by atoms with Crippen LogP contribution in [0.4, 0.5) is 0 Å². The highest BCUT2D eigenvalue weighted by atomic mass is 32.2. The maximum absolute atomic E-state index is 11.2. The Morgan fingerprint density at radius 1 is 1.57 bits per heavy atom. The van der Waals surface area contributed by atoms with E-state index in [9.17, 15) is 13.5 Å². The van der Waals surface area contributed by atoms with Crippen molar-refractivity contribution >= 4 is 32.9 Å². The molecule has 0 spiro atoms. The molecule has 0 aliphatic carbocycles. The monoisotopic (exact) mass is 251 g/mol. The third-order valence-electron chi connectivity index (χ3n) is 1.93. The zero-order valence-electron chi connectivity index (χ0n) is 7.16. The zero-order valence-corrected chi connectivity index (χ0v) is 9.61. The van der Waals surface area contributed by atoms with E-state index >= 15 is 0 Å². The van der Waals surface area contributed by atoms with E-state index in [4.69, 9.17) is 0 Å². The van der Waals surface area contributed by atoms with Crippen molar-refractivity contribution in [1.29, 1.82) is 0 Å². The molecule has 78 valence electrons. The fourth-order valence-electron chi connectivity index (χ4n) is 1.31. The predicted octanol–water partition coefficient (Wildman–Crippen LogP) is 0.393. The van der Waals surface area contributed by atoms with Crippen LogP contribution in [0.1, 0.15) is 0 Å². The third-order valence-corrected chi connectivity index (χ3v) is 6.09. The molecule has 7 heteroatoms. The largest absolute Gasteiger partial charge is 0.391 e. The fraction of sp³-hybridized carbons (Fsp3) is 0.571. The van der Waals surface area contributed by atoms with Crippen molar-refractivity contribution in [3.63, 3.8) is 0 Å². The van der Waals surface area contributed by atoms with Gasteiger partial charge in [0.25, 0.3) is 0 Å². The minimum atomic E-state index is -3.04. The molecule has 0 saturated carbocycles. The molecular weight excluding hydrogens is 242 g/mol. The molecule has 1 aliphatic heterocycles. The number of nitrogens with zero attached hydrogens (tertiary/aromatic N) is 1. The summed E-state index contributed by atoms with van der Waals surface area (Å²) in [6.45, 7) is 0. The number of thiazole rings is 1. The van der Waals surface area contributed by atoms with Gasteiger partial charge in [-0.15, -0.1) is 11.3 Å². The van der Waals surface area contributed by atoms with Crippen molar-refractivity contribution < 1.29 is 13.5 Å². The second kappa shape index (κ2) is 3.80. The van der Waals surface area contributed by atoms with E-state index in [0.717, 1.165) is 4.34 Å². The van der Waals surface area contributed by atoms with Crippen LogP contribution in [0, 0.1) is 0 Å². The Morgan fingerprint density at radius 3 is 2.86 bits per heavy atom. The van der Waals surface area contributed by atoms with Gasteiger partial charge in [-0.25, -0.2) is 13.4 Å². The lowest BCUT2D eigenvalue weighted by Gasteiger charge is -2.08. The van der Waals surface area contributed by atoms with E-state index in [1.165, 1.54) is 23.1 Å². The summed E-state index contributed by atoms with van der Waals surface area (Å²) in [5, 5.41) is 11.1. The molecule has 0 bridgehead atoms. The van der Waals surface area contributed by atoms with E-state index in [-0.39, 0.29) is 16.8 Å². The Kier molecular flexibility index (Phi) is 2.83. The predicted molar refractivity (Wildman–Crippen MR) is 56.4 cm³/mol. The van der Waals surface area contributed by atoms with Crippen LogP contribution in [0.5, 0.6) is 0 Å². The second-order valence-corrected chi connectivity index (χ2v) is 7.63. The first kappa shape index (κ1) is 10.4. The van der Waals surface area contributed by atoms with Crippen molar-refractivity contribution in [3.05, 3.63) is 11.6 Å². The molecule has 2 unspecified atom stereocenters. The van der Waals surface area contributed by atoms with Crippen LogP contribution in [-0.2, 0) is 9.84 Å². The minimum Gasteiger partial charge on any atom is -0.391 e. The Labute approximate surface area is 90.3 Å². The van der Waals surface area contributed by atoms with Crippen LogP contribution in [-0.4, -0.2) is 41.4 Å². The number of rotatable bonds is 2. The summed E-state index contributed by atoms with van der Waals surface area (Å²) in [4.78, 5) is 4.04. The summed E-state index contributed by atoms with van der Waals surface area (Å²) >= 11 is 2.80. The normalized spacial score (nSPS) is 30.6. The molecule has 1 aromatic heterocycles. The Bertz CT molecular complexity index is 400. The molecule has 0 amide bonds. The first-order valence-electron chi connectivity index (χ1n) is 4.01. The Morgan fingerprint density at radius 2 is 2.36 bits per heavy atom. The van der Waals surface area contributed by atoms with Gasteiger partial charge in [0.1, 0.15) is 4.34 Å². The Balaban J connectivity index is 2.07. The van der Waals surface area contributed by atoms with Crippen LogP contribution in [0.3, 0.4) is 0 Å². The van der Waals surface area contributed by atoms with Crippen LogP contribution >= 0.6 is 23.1 Å². The molecule has 2 rings (SSSR count). The lowest BCUT2D eigenvalue weighted by atomic mass is 10.3. The molecule has 4 nitrogen and oxygen atoms in total. The van der Waals surface area contributed by atoms with Gasteiger partial charge < -0.3 is 5.11 Å². The maximum Gasteiger partial charge on any atom is 0.154 e. The van der Waals surface area contributed by atoms with Gasteiger partial charge in [-0.1, -0.05) is 11.8 Å². The standard InChI is InChI=1S/C7H9NO3S3/c9-5-3-14(10,11)4-6(5)13-7-8-1-2-12-7/h1-2,5-6,9H,3-4H2. The number of hydrogen-bond donors (Lipinski definition) is 1. The summed E-state index contributed by atoms with van der Waals surface area (Å²) < 4.78 is 23.2. The van der Waals surface area contributed by atoms with E-state index in [0.29, 0.717) is 0 Å². The van der Waals surface area contributed by atoms with E-state index < -0.39 is 15.9 Å². The SMILES string of the molecule is O=S1(=O)CC(O)C(Sc2nccs2)C1. The third kappa shape index (κ3) is 2.28. The fourth-order valence-corrected chi connectivity index (χ4v) is 5.69. The second-order valence-electron chi connectivity index (χ2n) is 3.10. The lowest BCUT2D eigenvalue weighted by molar-refractivity contribution is 0.207. The van der Waals surface area contributed by atoms with Crippen molar-refractivity contribution in [2.45, 2.75) is 15.7 Å². The molecule has 1 N–H and O–H groups in total. The van der Waals surface area contributed by atoms with Crippen LogP contribution in [0.2, 0.25) is 0 Å². The number of hydrogen-bond acceptors (Lipinski definition) is 6. The minimum absolute atomic E-state index is 0.0540. The average Bonchev–Trinajstić information content (AvgIpc) is 2.61. The van der Waals surface area contributed by atoms with Gasteiger partial charge in [0.15, 0.2) is 9.84 Å². The summed E-state index contributed by atoms with van der Waals surface area (Å²) in [5.74, 6) is -0.0611.